The second-order valence-electron chi connectivity index (χ2n) is 3.56. The Morgan fingerprint density at radius 3 is 2.88 bits per heavy atom. The largest absolute Gasteiger partial charge is 0.370 e. The van der Waals surface area contributed by atoms with Crippen LogP contribution < -0.4 is 5.32 Å². The monoisotopic (exact) mass is 220 g/mol. The number of halogens is 1. The lowest BCUT2D eigenvalue weighted by atomic mass is 10.2. The summed E-state index contributed by atoms with van der Waals surface area (Å²) in [6, 6.07) is 3.01. The van der Waals surface area contributed by atoms with Crippen LogP contribution in [0.1, 0.15) is 5.56 Å². The Morgan fingerprint density at radius 1 is 1.38 bits per heavy atom. The molecule has 0 aromatic carbocycles. The van der Waals surface area contributed by atoms with E-state index in [-0.39, 0.29) is 5.82 Å². The Kier molecular flexibility index (Phi) is 3.14. The molecule has 2 aromatic heterocycles. The van der Waals surface area contributed by atoms with E-state index in [9.17, 15) is 4.39 Å². The summed E-state index contributed by atoms with van der Waals surface area (Å²) in [5.41, 5.74) is 1.16. The normalized spacial score (nSPS) is 10.4. The van der Waals surface area contributed by atoms with Gasteiger partial charge in [0.1, 0.15) is 11.6 Å². The third kappa shape index (κ3) is 2.79. The Bertz CT molecular complexity index is 449. The fourth-order valence-electron chi connectivity index (χ4n) is 1.42. The van der Waals surface area contributed by atoms with Crippen LogP contribution in [-0.2, 0) is 13.5 Å². The molecule has 0 aliphatic carbocycles. The van der Waals surface area contributed by atoms with E-state index in [2.05, 4.69) is 15.4 Å². The second kappa shape index (κ2) is 4.74. The first-order chi connectivity index (χ1) is 7.74. The highest BCUT2D eigenvalue weighted by molar-refractivity contribution is 5.33. The molecule has 2 aromatic rings. The number of nitrogens with zero attached hydrogens (tertiary/aromatic N) is 3. The number of hydrogen-bond acceptors (Lipinski definition) is 3. The quantitative estimate of drug-likeness (QED) is 0.851. The van der Waals surface area contributed by atoms with Gasteiger partial charge < -0.3 is 5.32 Å². The summed E-state index contributed by atoms with van der Waals surface area (Å²) >= 11 is 0. The molecular weight excluding hydrogens is 207 g/mol. The van der Waals surface area contributed by atoms with Gasteiger partial charge in [0.25, 0.3) is 0 Å². The van der Waals surface area contributed by atoms with Gasteiger partial charge in [-0.1, -0.05) is 0 Å². The van der Waals surface area contributed by atoms with Gasteiger partial charge >= 0.3 is 0 Å². The zero-order chi connectivity index (χ0) is 11.4. The molecule has 16 heavy (non-hydrogen) atoms. The van der Waals surface area contributed by atoms with Crippen LogP contribution in [0.3, 0.4) is 0 Å². The minimum absolute atomic E-state index is 0.321. The molecule has 0 fully saturated rings. The van der Waals surface area contributed by atoms with E-state index in [0.29, 0.717) is 5.82 Å². The summed E-state index contributed by atoms with van der Waals surface area (Å²) in [6.45, 7) is 0.754. The van der Waals surface area contributed by atoms with Crippen LogP contribution in [0.15, 0.2) is 30.7 Å². The molecule has 0 atom stereocenters. The van der Waals surface area contributed by atoms with Crippen molar-refractivity contribution in [3.8, 4) is 0 Å². The van der Waals surface area contributed by atoms with Crippen LogP contribution >= 0.6 is 0 Å². The van der Waals surface area contributed by atoms with E-state index >= 15 is 0 Å². The molecule has 0 amide bonds. The molecule has 5 heteroatoms. The molecule has 0 saturated carbocycles. The third-order valence-corrected chi connectivity index (χ3v) is 2.21. The topological polar surface area (TPSA) is 42.7 Å². The summed E-state index contributed by atoms with van der Waals surface area (Å²) < 4.78 is 14.3. The van der Waals surface area contributed by atoms with Gasteiger partial charge in [-0.2, -0.15) is 5.10 Å². The van der Waals surface area contributed by atoms with Gasteiger partial charge in [-0.3, -0.25) is 4.68 Å². The zero-order valence-corrected chi connectivity index (χ0v) is 9.02. The smallest absolute Gasteiger partial charge is 0.141 e. The molecule has 0 aliphatic heterocycles. The summed E-state index contributed by atoms with van der Waals surface area (Å²) in [7, 11) is 1.89. The molecule has 0 spiro atoms. The lowest BCUT2D eigenvalue weighted by molar-refractivity contribution is 0.621. The second-order valence-corrected chi connectivity index (χ2v) is 3.56. The SMILES string of the molecule is Cn1cc(CCNc2ccc(F)cn2)cn1. The lowest BCUT2D eigenvalue weighted by Gasteiger charge is -2.03. The van der Waals surface area contributed by atoms with Crippen LogP contribution in [0.2, 0.25) is 0 Å². The molecule has 0 unspecified atom stereocenters. The highest BCUT2D eigenvalue weighted by Crippen LogP contribution is 2.04. The number of rotatable bonds is 4. The van der Waals surface area contributed by atoms with Gasteiger partial charge in [0, 0.05) is 19.8 Å². The number of aryl methyl sites for hydroxylation is 1. The predicted octanol–water partition coefficient (Wildman–Crippen LogP) is 1.61. The van der Waals surface area contributed by atoms with Crippen LogP contribution in [-0.4, -0.2) is 21.3 Å². The average molecular weight is 220 g/mol. The van der Waals surface area contributed by atoms with Crippen molar-refractivity contribution in [3.05, 3.63) is 42.1 Å². The van der Waals surface area contributed by atoms with E-state index in [4.69, 9.17) is 0 Å². The van der Waals surface area contributed by atoms with Crippen LogP contribution in [0, 0.1) is 5.82 Å². The number of aromatic nitrogens is 3. The first-order valence-corrected chi connectivity index (χ1v) is 5.07. The number of hydrogen-bond donors (Lipinski definition) is 1. The minimum atomic E-state index is -0.321. The molecule has 84 valence electrons. The molecule has 0 radical (unpaired) electrons. The summed E-state index contributed by atoms with van der Waals surface area (Å²) in [5, 5.41) is 7.19. The van der Waals surface area contributed by atoms with E-state index in [0.717, 1.165) is 18.5 Å². The number of nitrogens with one attached hydrogen (secondary N) is 1. The summed E-state index contributed by atoms with van der Waals surface area (Å²) in [5.74, 6) is 0.364. The van der Waals surface area contributed by atoms with Crippen molar-refractivity contribution in [2.75, 3.05) is 11.9 Å². The highest BCUT2D eigenvalue weighted by Gasteiger charge is 1.97. The van der Waals surface area contributed by atoms with Crippen molar-refractivity contribution >= 4 is 5.82 Å². The van der Waals surface area contributed by atoms with Crippen molar-refractivity contribution in [3.63, 3.8) is 0 Å². The van der Waals surface area contributed by atoms with E-state index < -0.39 is 0 Å². The Balaban J connectivity index is 1.82. The Labute approximate surface area is 93.1 Å². The fourth-order valence-corrected chi connectivity index (χ4v) is 1.42. The predicted molar refractivity (Wildman–Crippen MR) is 59.6 cm³/mol. The van der Waals surface area contributed by atoms with E-state index in [1.807, 2.05) is 19.4 Å². The van der Waals surface area contributed by atoms with Gasteiger partial charge in [-0.05, 0) is 24.1 Å². The summed E-state index contributed by atoms with van der Waals surface area (Å²) in [6.07, 6.45) is 5.87. The van der Waals surface area contributed by atoms with Gasteiger partial charge in [-0.15, -0.1) is 0 Å². The van der Waals surface area contributed by atoms with Crippen molar-refractivity contribution < 1.29 is 4.39 Å². The van der Waals surface area contributed by atoms with Gasteiger partial charge in [0.2, 0.25) is 0 Å². The molecule has 0 bridgehead atoms. The zero-order valence-electron chi connectivity index (χ0n) is 9.02. The summed E-state index contributed by atoms with van der Waals surface area (Å²) in [4.78, 5) is 3.91. The van der Waals surface area contributed by atoms with Gasteiger partial charge in [-0.25, -0.2) is 9.37 Å². The molecule has 0 saturated heterocycles. The lowest BCUT2D eigenvalue weighted by Crippen LogP contribution is -2.05. The average Bonchev–Trinajstić information content (AvgIpc) is 2.67. The minimum Gasteiger partial charge on any atom is -0.370 e. The number of pyridine rings is 1. The molecule has 4 nitrogen and oxygen atoms in total. The first-order valence-electron chi connectivity index (χ1n) is 5.07. The van der Waals surface area contributed by atoms with E-state index in [1.54, 1.807) is 10.7 Å². The highest BCUT2D eigenvalue weighted by atomic mass is 19.1. The molecule has 2 rings (SSSR count). The fraction of sp³-hybridized carbons (Fsp3) is 0.273. The van der Waals surface area contributed by atoms with Crippen LogP contribution in [0.4, 0.5) is 10.2 Å². The van der Waals surface area contributed by atoms with Crippen molar-refractivity contribution in [1.82, 2.24) is 14.8 Å². The Hall–Kier alpha value is -1.91. The molecule has 1 N–H and O–H groups in total. The van der Waals surface area contributed by atoms with Crippen LogP contribution in [0.5, 0.6) is 0 Å². The van der Waals surface area contributed by atoms with Gasteiger partial charge in [0.05, 0.1) is 12.4 Å². The maximum absolute atomic E-state index is 12.6. The van der Waals surface area contributed by atoms with Crippen molar-refractivity contribution in [1.29, 1.82) is 0 Å². The van der Waals surface area contributed by atoms with Crippen LogP contribution in [0.25, 0.3) is 0 Å². The number of anilines is 1. The molecule has 0 aliphatic rings. The van der Waals surface area contributed by atoms with E-state index in [1.165, 1.54) is 12.3 Å². The van der Waals surface area contributed by atoms with Crippen molar-refractivity contribution in [2.45, 2.75) is 6.42 Å². The maximum atomic E-state index is 12.6. The third-order valence-electron chi connectivity index (χ3n) is 2.21. The van der Waals surface area contributed by atoms with Gasteiger partial charge in [0.15, 0.2) is 0 Å². The molecule has 2 heterocycles. The molecular formula is C11H13FN4. The maximum Gasteiger partial charge on any atom is 0.141 e. The standard InChI is InChI=1S/C11H13FN4/c1-16-8-9(6-15-16)4-5-13-11-3-2-10(12)7-14-11/h2-3,6-8H,4-5H2,1H3,(H,13,14). The van der Waals surface area contributed by atoms with Crippen molar-refractivity contribution in [2.24, 2.45) is 7.05 Å². The first kappa shape index (κ1) is 10.6. The Morgan fingerprint density at radius 2 is 2.25 bits per heavy atom.